The van der Waals surface area contributed by atoms with Gasteiger partial charge in [-0.1, -0.05) is 48.7 Å². The molecular formula is C45H45F3N6O4. The third-order valence-corrected chi connectivity index (χ3v) is 12.1. The summed E-state index contributed by atoms with van der Waals surface area (Å²) < 4.78 is 65.7. The lowest BCUT2D eigenvalue weighted by molar-refractivity contribution is -0.141. The molecule has 0 saturated carbocycles. The largest absolute Gasteiger partial charge is 0.461 e. The molecule has 0 N–H and O–H groups in total. The van der Waals surface area contributed by atoms with Crippen molar-refractivity contribution in [2.24, 2.45) is 0 Å². The maximum Gasteiger partial charge on any atom is 0.333 e. The number of benzene rings is 3. The first-order valence-electron chi connectivity index (χ1n) is 20.3. The quantitative estimate of drug-likeness (QED) is 0.0854. The molecule has 4 aliphatic heterocycles. The second-order valence-electron chi connectivity index (χ2n) is 15.8. The van der Waals surface area contributed by atoms with Crippen LogP contribution in [0.4, 0.5) is 19.0 Å². The minimum atomic E-state index is -0.947. The van der Waals surface area contributed by atoms with Crippen LogP contribution in [0, 0.1) is 24.0 Å². The molecule has 4 aliphatic rings. The molecule has 0 radical (unpaired) electrons. The number of hydrogen-bond acceptors (Lipinski definition) is 10. The van der Waals surface area contributed by atoms with E-state index in [9.17, 15) is 9.18 Å². The van der Waals surface area contributed by atoms with E-state index >= 15 is 8.78 Å². The van der Waals surface area contributed by atoms with E-state index < -0.39 is 35.4 Å². The van der Waals surface area contributed by atoms with Crippen LogP contribution in [0.1, 0.15) is 62.1 Å². The summed E-state index contributed by atoms with van der Waals surface area (Å²) in [5, 5.41) is 1.02. The molecule has 1 unspecified atom stereocenters. The van der Waals surface area contributed by atoms with Gasteiger partial charge in [-0.25, -0.2) is 18.0 Å². The first kappa shape index (κ1) is 38.2. The van der Waals surface area contributed by atoms with Crippen LogP contribution in [-0.4, -0.2) is 102 Å². The van der Waals surface area contributed by atoms with E-state index in [0.29, 0.717) is 55.9 Å². The van der Waals surface area contributed by atoms with Gasteiger partial charge < -0.3 is 19.1 Å². The van der Waals surface area contributed by atoms with Gasteiger partial charge in [0.05, 0.1) is 23.1 Å². The van der Waals surface area contributed by atoms with Crippen LogP contribution in [0.15, 0.2) is 60.8 Å². The molecular weight excluding hydrogens is 746 g/mol. The Labute approximate surface area is 335 Å². The van der Waals surface area contributed by atoms with E-state index in [0.717, 1.165) is 63.7 Å². The van der Waals surface area contributed by atoms with E-state index in [1.807, 2.05) is 35.2 Å². The number of nitrogens with zero attached hydrogens (tertiary/aromatic N) is 6. The Bertz CT molecular complexity index is 2380. The molecule has 4 fully saturated rings. The Kier molecular flexibility index (Phi) is 10.7. The molecule has 0 aliphatic carbocycles. The second-order valence-corrected chi connectivity index (χ2v) is 15.8. The van der Waals surface area contributed by atoms with Crippen LogP contribution < -0.4 is 14.4 Å². The summed E-state index contributed by atoms with van der Waals surface area (Å²) in [5.41, 5.74) is 0.149. The Balaban J connectivity index is 1.15. The normalized spacial score (nSPS) is 22.1. The highest BCUT2D eigenvalue weighted by molar-refractivity contribution is 6.03. The molecule has 0 amide bonds. The molecule has 13 heteroatoms. The number of halogens is 3. The highest BCUT2D eigenvalue weighted by atomic mass is 19.1. The van der Waals surface area contributed by atoms with Gasteiger partial charge in [-0.15, -0.1) is 6.42 Å². The zero-order valence-electron chi connectivity index (χ0n) is 32.3. The molecule has 4 saturated heterocycles. The van der Waals surface area contributed by atoms with E-state index in [1.165, 1.54) is 24.4 Å². The fourth-order valence-electron chi connectivity index (χ4n) is 9.40. The minimum absolute atomic E-state index is 0.0418. The number of anilines is 1. The number of alkyl halides is 1. The van der Waals surface area contributed by atoms with Crippen molar-refractivity contribution in [3.8, 4) is 35.4 Å². The highest BCUT2D eigenvalue weighted by Crippen LogP contribution is 2.42. The smallest absolute Gasteiger partial charge is 0.333 e. The summed E-state index contributed by atoms with van der Waals surface area (Å²) in [6.45, 7) is 4.92. The lowest BCUT2D eigenvalue weighted by Gasteiger charge is -2.33. The van der Waals surface area contributed by atoms with Gasteiger partial charge in [-0.3, -0.25) is 14.8 Å². The standard InChI is InChI=1S/C45H45F3N6O4/c1-2-33-36(47)14-13-30-23-32(58-43(55)41(29-11-5-3-6-12-29)52-16-7-4-8-17-52)24-34(37(30)33)39-38(48)40-35(26-49-39)42(53-18-10-21-56-22-20-53)51-44(50-40)57-28-45-15-9-19-54(45)27-31(46)25-45/h1,3,5-6,11-14,23-24,26,31,41H,4,7-10,15-22,25,27-28H2/t31-,41?,45+/m1/s1. The number of pyridine rings is 1. The number of carbonyl (C=O) groups is 1. The van der Waals surface area contributed by atoms with Crippen LogP contribution >= 0.6 is 0 Å². The van der Waals surface area contributed by atoms with Crippen molar-refractivity contribution in [3.05, 3.63) is 83.6 Å². The number of ether oxygens (including phenoxy) is 3. The molecule has 2 aromatic heterocycles. The zero-order valence-corrected chi connectivity index (χ0v) is 32.3. The monoisotopic (exact) mass is 790 g/mol. The van der Waals surface area contributed by atoms with Crippen molar-refractivity contribution in [2.45, 2.75) is 62.7 Å². The van der Waals surface area contributed by atoms with Gasteiger partial charge in [0, 0.05) is 49.8 Å². The molecule has 3 atom stereocenters. The number of terminal acetylenes is 1. The molecule has 300 valence electrons. The number of carbonyl (C=O) groups excluding carboxylic acids is 1. The average molecular weight is 791 g/mol. The Morgan fingerprint density at radius 3 is 2.66 bits per heavy atom. The van der Waals surface area contributed by atoms with E-state index in [2.05, 4.69) is 25.7 Å². The number of fused-ring (bicyclic) bond motifs is 3. The first-order chi connectivity index (χ1) is 28.3. The molecule has 58 heavy (non-hydrogen) atoms. The predicted octanol–water partition coefficient (Wildman–Crippen LogP) is 7.42. The topological polar surface area (TPSA) is 93.2 Å². The lowest BCUT2D eigenvalue weighted by Crippen LogP contribution is -2.43. The fraction of sp³-hybridized carbons (Fsp3) is 0.422. The number of piperidine rings is 1. The van der Waals surface area contributed by atoms with Crippen molar-refractivity contribution < 1.29 is 32.2 Å². The number of esters is 1. The summed E-state index contributed by atoms with van der Waals surface area (Å²) in [4.78, 5) is 34.5. The van der Waals surface area contributed by atoms with Crippen molar-refractivity contribution in [2.75, 3.05) is 64.0 Å². The number of likely N-dealkylation sites (tertiary alicyclic amines) is 1. The molecule has 3 aromatic carbocycles. The average Bonchev–Trinajstić information content (AvgIpc) is 3.62. The van der Waals surface area contributed by atoms with Crippen LogP contribution in [0.5, 0.6) is 11.8 Å². The summed E-state index contributed by atoms with van der Waals surface area (Å²) in [7, 11) is 0. The Morgan fingerprint density at radius 2 is 1.83 bits per heavy atom. The zero-order chi connectivity index (χ0) is 39.8. The molecule has 0 spiro atoms. The maximum absolute atomic E-state index is 17.4. The SMILES string of the molecule is C#Cc1c(F)ccc2cc(OC(=O)C(c3ccccc3)N3CCCCC3)cc(-c3ncc4c(N5CCCOCC5)nc(OC[C@@]56CCCN5C[C@H](F)C6)nc4c3F)c12. The molecule has 5 aromatic rings. The van der Waals surface area contributed by atoms with Crippen LogP contribution in [0.2, 0.25) is 0 Å². The number of hydrogen-bond donors (Lipinski definition) is 0. The summed E-state index contributed by atoms with van der Waals surface area (Å²) >= 11 is 0. The lowest BCUT2D eigenvalue weighted by atomic mass is 9.95. The Morgan fingerprint density at radius 1 is 0.983 bits per heavy atom. The summed E-state index contributed by atoms with van der Waals surface area (Å²) in [6, 6.07) is 14.6. The van der Waals surface area contributed by atoms with Crippen molar-refractivity contribution in [1.82, 2.24) is 24.8 Å². The van der Waals surface area contributed by atoms with E-state index in [4.69, 9.17) is 25.6 Å². The second kappa shape index (κ2) is 16.2. The molecule has 6 heterocycles. The van der Waals surface area contributed by atoms with Gasteiger partial charge in [-0.05, 0) is 80.9 Å². The van der Waals surface area contributed by atoms with Gasteiger partial charge in [0.1, 0.15) is 47.4 Å². The number of aromatic nitrogens is 3. The highest BCUT2D eigenvalue weighted by Gasteiger charge is 2.49. The summed E-state index contributed by atoms with van der Waals surface area (Å²) in [6.07, 6.45) is 12.3. The molecule has 10 nitrogen and oxygen atoms in total. The third-order valence-electron chi connectivity index (χ3n) is 12.1. The van der Waals surface area contributed by atoms with E-state index in [1.54, 1.807) is 6.07 Å². The van der Waals surface area contributed by atoms with Gasteiger partial charge >= 0.3 is 12.0 Å². The van der Waals surface area contributed by atoms with Gasteiger partial charge in [-0.2, -0.15) is 9.97 Å². The first-order valence-corrected chi connectivity index (χ1v) is 20.3. The van der Waals surface area contributed by atoms with Crippen molar-refractivity contribution in [1.29, 1.82) is 0 Å². The minimum Gasteiger partial charge on any atom is -0.461 e. The van der Waals surface area contributed by atoms with Crippen LogP contribution in [0.25, 0.3) is 32.9 Å². The van der Waals surface area contributed by atoms with Gasteiger partial charge in [0.2, 0.25) is 0 Å². The van der Waals surface area contributed by atoms with Crippen molar-refractivity contribution in [3.63, 3.8) is 0 Å². The third kappa shape index (κ3) is 7.22. The van der Waals surface area contributed by atoms with Crippen LogP contribution in [0.3, 0.4) is 0 Å². The predicted molar refractivity (Wildman–Crippen MR) is 215 cm³/mol. The summed E-state index contributed by atoms with van der Waals surface area (Å²) in [5.74, 6) is 1.04. The molecule has 0 bridgehead atoms. The maximum atomic E-state index is 17.4. The van der Waals surface area contributed by atoms with Gasteiger partial charge in [0.25, 0.3) is 0 Å². The number of rotatable bonds is 9. The van der Waals surface area contributed by atoms with E-state index in [-0.39, 0.29) is 46.1 Å². The van der Waals surface area contributed by atoms with Gasteiger partial charge in [0.15, 0.2) is 5.82 Å². The fourth-order valence-corrected chi connectivity index (χ4v) is 9.40. The Hall–Kier alpha value is -5.29. The molecule has 9 rings (SSSR count). The van der Waals surface area contributed by atoms with Crippen LogP contribution in [-0.2, 0) is 9.53 Å². The van der Waals surface area contributed by atoms with Crippen molar-refractivity contribution >= 4 is 33.5 Å².